The summed E-state index contributed by atoms with van der Waals surface area (Å²) >= 11 is 5.34. The van der Waals surface area contributed by atoms with E-state index in [9.17, 15) is 4.79 Å². The molecule has 0 heterocycles. The van der Waals surface area contributed by atoms with Gasteiger partial charge in [-0.05, 0) is 48.5 Å². The monoisotopic (exact) mass is 414 g/mol. The summed E-state index contributed by atoms with van der Waals surface area (Å²) in [6.45, 7) is 1.82. The van der Waals surface area contributed by atoms with E-state index in [-0.39, 0.29) is 5.91 Å². The van der Waals surface area contributed by atoms with Gasteiger partial charge in [-0.15, -0.1) is 0 Å². The number of amides is 1. The highest BCUT2D eigenvalue weighted by Gasteiger charge is 2.23. The molecule has 0 fully saturated rings. The lowest BCUT2D eigenvalue weighted by Gasteiger charge is -2.23. The number of nitrogens with zero attached hydrogens (tertiary/aromatic N) is 1. The summed E-state index contributed by atoms with van der Waals surface area (Å²) < 4.78 is 0. The van der Waals surface area contributed by atoms with E-state index in [4.69, 9.17) is 17.5 Å². The molecule has 0 aliphatic rings. The minimum atomic E-state index is -0.425. The van der Waals surface area contributed by atoms with Crippen LogP contribution in [0, 0.1) is 11.3 Å². The predicted octanol–water partition coefficient (Wildman–Crippen LogP) is 4.14. The number of hydrogen-bond acceptors (Lipinski definition) is 3. The van der Waals surface area contributed by atoms with Gasteiger partial charge in [0.2, 0.25) is 5.91 Å². The van der Waals surface area contributed by atoms with Gasteiger partial charge in [0.1, 0.15) is 0 Å². The molecule has 0 aliphatic heterocycles. The zero-order valence-electron chi connectivity index (χ0n) is 16.5. The van der Waals surface area contributed by atoms with Crippen LogP contribution in [0.1, 0.15) is 29.5 Å². The highest BCUT2D eigenvalue weighted by molar-refractivity contribution is 7.80. The third kappa shape index (κ3) is 5.66. The number of nitrogens with one attached hydrogen (secondary N) is 3. The van der Waals surface area contributed by atoms with Crippen LogP contribution in [-0.2, 0) is 4.79 Å². The molecule has 0 radical (unpaired) electrons. The van der Waals surface area contributed by atoms with Crippen LogP contribution in [0.15, 0.2) is 84.9 Å². The third-order valence-corrected chi connectivity index (χ3v) is 4.70. The number of nitriles is 1. The topological polar surface area (TPSA) is 77.0 Å². The first-order chi connectivity index (χ1) is 14.6. The lowest BCUT2D eigenvalue weighted by Crippen LogP contribution is -2.48. The fraction of sp³-hybridized carbons (Fsp3) is 0.125. The Labute approximate surface area is 181 Å². The van der Waals surface area contributed by atoms with Crippen LogP contribution in [0.25, 0.3) is 0 Å². The Kier molecular flexibility index (Phi) is 7.14. The number of hydrogen-bond donors (Lipinski definition) is 3. The molecule has 0 spiro atoms. The third-order valence-electron chi connectivity index (χ3n) is 4.48. The van der Waals surface area contributed by atoms with Crippen molar-refractivity contribution in [1.82, 2.24) is 10.6 Å². The van der Waals surface area contributed by atoms with Crippen molar-refractivity contribution >= 4 is 28.9 Å². The van der Waals surface area contributed by atoms with E-state index in [1.165, 1.54) is 0 Å². The molecule has 3 aromatic rings. The molecular weight excluding hydrogens is 392 g/mol. The van der Waals surface area contributed by atoms with E-state index in [1.54, 1.807) is 18.2 Å². The molecule has 3 rings (SSSR count). The van der Waals surface area contributed by atoms with Crippen LogP contribution in [0.5, 0.6) is 0 Å². The van der Waals surface area contributed by atoms with Crippen molar-refractivity contribution < 1.29 is 4.79 Å². The second-order valence-electron chi connectivity index (χ2n) is 6.78. The lowest BCUT2D eigenvalue weighted by atomic mass is 9.90. The number of rotatable bonds is 6. The van der Waals surface area contributed by atoms with Crippen molar-refractivity contribution in [3.8, 4) is 6.07 Å². The van der Waals surface area contributed by atoms with Crippen molar-refractivity contribution in [3.63, 3.8) is 0 Å². The Balaban J connectivity index is 1.66. The van der Waals surface area contributed by atoms with Crippen LogP contribution in [-0.4, -0.2) is 17.2 Å². The summed E-state index contributed by atoms with van der Waals surface area (Å²) in [5, 5.41) is 18.4. The highest BCUT2D eigenvalue weighted by atomic mass is 32.1. The van der Waals surface area contributed by atoms with Crippen molar-refractivity contribution in [2.45, 2.75) is 19.0 Å². The quantitative estimate of drug-likeness (QED) is 0.417. The molecule has 3 aromatic carbocycles. The van der Waals surface area contributed by atoms with Crippen molar-refractivity contribution in [2.75, 3.05) is 5.32 Å². The molecule has 0 bridgehead atoms. The van der Waals surface area contributed by atoms with Crippen LogP contribution >= 0.6 is 12.2 Å². The average Bonchev–Trinajstić information content (AvgIpc) is 2.75. The Bertz CT molecular complexity index is 1010. The zero-order chi connectivity index (χ0) is 21.3. The smallest absolute Gasteiger partial charge is 0.233 e. The molecule has 0 aromatic heterocycles. The molecule has 150 valence electrons. The van der Waals surface area contributed by atoms with Gasteiger partial charge in [0.05, 0.1) is 23.7 Å². The number of thiocarbonyl (C=S) groups is 1. The standard InChI is InChI=1S/C24H22N4OS/c1-17(27-24(30)28-21-14-8-9-18(15-21)16-25)26-23(29)22(19-10-4-2-5-11-19)20-12-6-3-7-13-20/h2-15,17,22H,1H3,(H,26,29)(H2,27,28,30). The Hall–Kier alpha value is -3.69. The zero-order valence-corrected chi connectivity index (χ0v) is 17.3. The summed E-state index contributed by atoms with van der Waals surface area (Å²) in [5.41, 5.74) is 3.08. The van der Waals surface area contributed by atoms with E-state index >= 15 is 0 Å². The van der Waals surface area contributed by atoms with Gasteiger partial charge in [-0.1, -0.05) is 66.7 Å². The maximum atomic E-state index is 13.1. The lowest BCUT2D eigenvalue weighted by molar-refractivity contribution is -0.122. The molecule has 0 saturated heterocycles. The molecule has 6 heteroatoms. The SMILES string of the molecule is CC(NC(=O)C(c1ccccc1)c1ccccc1)NC(=S)Nc1cccc(C#N)c1. The second kappa shape index (κ2) is 10.2. The summed E-state index contributed by atoms with van der Waals surface area (Å²) in [7, 11) is 0. The van der Waals surface area contributed by atoms with Crippen LogP contribution in [0.2, 0.25) is 0 Å². The molecule has 0 saturated carbocycles. The van der Waals surface area contributed by atoms with Gasteiger partial charge in [0.25, 0.3) is 0 Å². The molecule has 3 N–H and O–H groups in total. The average molecular weight is 415 g/mol. The molecular formula is C24H22N4OS. The largest absolute Gasteiger partial charge is 0.343 e. The first-order valence-corrected chi connectivity index (χ1v) is 9.95. The highest BCUT2D eigenvalue weighted by Crippen LogP contribution is 2.24. The molecule has 5 nitrogen and oxygen atoms in total. The fourth-order valence-corrected chi connectivity index (χ4v) is 3.44. The molecule has 1 amide bonds. The van der Waals surface area contributed by atoms with Crippen LogP contribution in [0.4, 0.5) is 5.69 Å². The first-order valence-electron chi connectivity index (χ1n) is 9.55. The van der Waals surface area contributed by atoms with Gasteiger partial charge in [-0.2, -0.15) is 5.26 Å². The van der Waals surface area contributed by atoms with E-state index < -0.39 is 12.1 Å². The van der Waals surface area contributed by atoms with Gasteiger partial charge < -0.3 is 16.0 Å². The normalized spacial score (nSPS) is 11.2. The van der Waals surface area contributed by atoms with Crippen molar-refractivity contribution in [3.05, 3.63) is 102 Å². The summed E-state index contributed by atoms with van der Waals surface area (Å²) in [6.07, 6.45) is -0.397. The maximum absolute atomic E-state index is 13.1. The van der Waals surface area contributed by atoms with Gasteiger partial charge in [0.15, 0.2) is 5.11 Å². The maximum Gasteiger partial charge on any atom is 0.233 e. The second-order valence-corrected chi connectivity index (χ2v) is 7.18. The fourth-order valence-electron chi connectivity index (χ4n) is 3.15. The molecule has 0 aliphatic carbocycles. The van der Waals surface area contributed by atoms with E-state index in [1.807, 2.05) is 73.7 Å². The Morgan fingerprint density at radius 3 is 2.07 bits per heavy atom. The van der Waals surface area contributed by atoms with Gasteiger partial charge in [-0.25, -0.2) is 0 Å². The van der Waals surface area contributed by atoms with E-state index in [0.717, 1.165) is 11.1 Å². The van der Waals surface area contributed by atoms with Gasteiger partial charge in [0, 0.05) is 5.69 Å². The van der Waals surface area contributed by atoms with Gasteiger partial charge in [-0.3, -0.25) is 4.79 Å². The Morgan fingerprint density at radius 2 is 1.50 bits per heavy atom. The molecule has 1 atom stereocenters. The number of anilines is 1. The predicted molar refractivity (Wildman–Crippen MR) is 123 cm³/mol. The van der Waals surface area contributed by atoms with E-state index in [0.29, 0.717) is 16.4 Å². The first kappa shape index (κ1) is 21.0. The summed E-state index contributed by atoms with van der Waals surface area (Å²) in [5.74, 6) is -0.549. The van der Waals surface area contributed by atoms with Gasteiger partial charge >= 0.3 is 0 Å². The van der Waals surface area contributed by atoms with Crippen molar-refractivity contribution in [2.24, 2.45) is 0 Å². The number of benzene rings is 3. The summed E-state index contributed by atoms with van der Waals surface area (Å²) in [4.78, 5) is 13.1. The molecule has 1 unspecified atom stereocenters. The van der Waals surface area contributed by atoms with Crippen molar-refractivity contribution in [1.29, 1.82) is 5.26 Å². The van der Waals surface area contributed by atoms with E-state index in [2.05, 4.69) is 22.0 Å². The van der Waals surface area contributed by atoms with Crippen LogP contribution < -0.4 is 16.0 Å². The number of carbonyl (C=O) groups excluding carboxylic acids is 1. The molecule has 30 heavy (non-hydrogen) atoms. The number of carbonyl (C=O) groups is 1. The Morgan fingerprint density at radius 1 is 0.900 bits per heavy atom. The van der Waals surface area contributed by atoms with Crippen LogP contribution in [0.3, 0.4) is 0 Å². The minimum absolute atomic E-state index is 0.123. The summed E-state index contributed by atoms with van der Waals surface area (Å²) in [6, 6.07) is 28.5. The minimum Gasteiger partial charge on any atom is -0.343 e.